The van der Waals surface area contributed by atoms with Gasteiger partial charge >= 0.3 is 0 Å². The monoisotopic (exact) mass is 316 g/mol. The number of hydrogen-bond acceptors (Lipinski definition) is 4. The molecule has 2 heterocycles. The Morgan fingerprint density at radius 2 is 1.90 bits per heavy atom. The van der Waals surface area contributed by atoms with Crippen molar-refractivity contribution in [3.63, 3.8) is 0 Å². The van der Waals surface area contributed by atoms with E-state index in [4.69, 9.17) is 18.0 Å². The average Bonchev–Trinajstić information content (AvgIpc) is 2.63. The van der Waals surface area contributed by atoms with Crippen LogP contribution in [-0.2, 0) is 17.1 Å². The molecule has 1 fully saturated rings. The number of nitrogens with two attached hydrogens (primary N) is 1. The van der Waals surface area contributed by atoms with Crippen molar-refractivity contribution in [1.82, 2.24) is 14.1 Å². The first kappa shape index (κ1) is 15.4. The number of hydrogen-bond donors (Lipinski definition) is 1. The van der Waals surface area contributed by atoms with Gasteiger partial charge in [-0.3, -0.25) is 4.68 Å². The van der Waals surface area contributed by atoms with E-state index in [1.54, 1.807) is 25.6 Å². The molecule has 112 valence electrons. The number of piperidine rings is 1. The maximum atomic E-state index is 12.7. The number of aromatic nitrogens is 2. The van der Waals surface area contributed by atoms with Crippen LogP contribution in [0.25, 0.3) is 0 Å². The highest BCUT2D eigenvalue weighted by atomic mass is 32.2. The van der Waals surface area contributed by atoms with Crippen LogP contribution in [0.3, 0.4) is 0 Å². The second-order valence-electron chi connectivity index (χ2n) is 5.20. The zero-order valence-corrected chi connectivity index (χ0v) is 13.6. The third kappa shape index (κ3) is 2.59. The smallest absolute Gasteiger partial charge is 0.246 e. The lowest BCUT2D eigenvalue weighted by atomic mass is 9.98. The van der Waals surface area contributed by atoms with Gasteiger partial charge in [-0.1, -0.05) is 12.2 Å². The van der Waals surface area contributed by atoms with Gasteiger partial charge in [0.25, 0.3) is 0 Å². The van der Waals surface area contributed by atoms with E-state index in [1.165, 1.54) is 4.31 Å². The van der Waals surface area contributed by atoms with Gasteiger partial charge in [-0.2, -0.15) is 9.40 Å². The quantitative estimate of drug-likeness (QED) is 0.831. The molecule has 0 unspecified atom stereocenters. The van der Waals surface area contributed by atoms with E-state index in [-0.39, 0.29) is 5.92 Å². The Balaban J connectivity index is 2.26. The molecule has 2 rings (SSSR count). The average molecular weight is 316 g/mol. The number of rotatable bonds is 3. The molecule has 6 nitrogen and oxygen atoms in total. The van der Waals surface area contributed by atoms with Crippen LogP contribution in [0.2, 0.25) is 0 Å². The van der Waals surface area contributed by atoms with Gasteiger partial charge in [0.2, 0.25) is 10.0 Å². The van der Waals surface area contributed by atoms with Crippen LogP contribution in [0.15, 0.2) is 4.90 Å². The Kier molecular flexibility index (Phi) is 4.17. The Bertz CT molecular complexity index is 628. The minimum atomic E-state index is -3.49. The fourth-order valence-corrected chi connectivity index (χ4v) is 4.74. The molecule has 2 N–H and O–H groups in total. The van der Waals surface area contributed by atoms with Gasteiger partial charge in [0, 0.05) is 26.1 Å². The first-order valence-corrected chi connectivity index (χ1v) is 8.39. The van der Waals surface area contributed by atoms with Gasteiger partial charge in [0.1, 0.15) is 4.90 Å². The van der Waals surface area contributed by atoms with Crippen molar-refractivity contribution >= 4 is 27.2 Å². The van der Waals surface area contributed by atoms with Crippen LogP contribution >= 0.6 is 12.2 Å². The Hall–Kier alpha value is -0.990. The summed E-state index contributed by atoms with van der Waals surface area (Å²) in [5.74, 6) is 0.146. The van der Waals surface area contributed by atoms with E-state index in [2.05, 4.69) is 5.10 Å². The van der Waals surface area contributed by atoms with Gasteiger partial charge < -0.3 is 5.73 Å². The highest BCUT2D eigenvalue weighted by Gasteiger charge is 2.33. The summed E-state index contributed by atoms with van der Waals surface area (Å²) in [5, 5.41) is 4.18. The largest absolute Gasteiger partial charge is 0.393 e. The molecule has 0 amide bonds. The number of aryl methyl sites for hydroxylation is 2. The summed E-state index contributed by atoms with van der Waals surface area (Å²) in [5.41, 5.74) is 6.84. The van der Waals surface area contributed by atoms with E-state index in [1.807, 2.05) is 0 Å². The Morgan fingerprint density at radius 3 is 2.30 bits per heavy atom. The van der Waals surface area contributed by atoms with E-state index >= 15 is 0 Å². The summed E-state index contributed by atoms with van der Waals surface area (Å²) >= 11 is 4.98. The third-order valence-corrected chi connectivity index (χ3v) is 6.38. The molecular formula is C12H20N4O2S2. The van der Waals surface area contributed by atoms with Crippen LogP contribution in [0.5, 0.6) is 0 Å². The molecule has 1 aliphatic heterocycles. The van der Waals surface area contributed by atoms with Gasteiger partial charge in [-0.15, -0.1) is 0 Å². The van der Waals surface area contributed by atoms with Crippen LogP contribution < -0.4 is 5.73 Å². The third-order valence-electron chi connectivity index (χ3n) is 3.90. The summed E-state index contributed by atoms with van der Waals surface area (Å²) in [6.07, 6.45) is 1.37. The highest BCUT2D eigenvalue weighted by molar-refractivity contribution is 7.89. The molecule has 0 radical (unpaired) electrons. The van der Waals surface area contributed by atoms with Crippen molar-refractivity contribution in [2.24, 2.45) is 18.7 Å². The molecular weight excluding hydrogens is 296 g/mol. The molecule has 0 atom stereocenters. The lowest BCUT2D eigenvalue weighted by Gasteiger charge is -2.30. The summed E-state index contributed by atoms with van der Waals surface area (Å²) < 4.78 is 28.6. The van der Waals surface area contributed by atoms with Crippen molar-refractivity contribution in [3.05, 3.63) is 11.4 Å². The summed E-state index contributed by atoms with van der Waals surface area (Å²) in [6.45, 7) is 4.41. The zero-order valence-electron chi connectivity index (χ0n) is 12.0. The molecule has 1 aliphatic rings. The minimum absolute atomic E-state index is 0.146. The van der Waals surface area contributed by atoms with Gasteiger partial charge in [-0.05, 0) is 26.7 Å². The fraction of sp³-hybridized carbons (Fsp3) is 0.667. The molecule has 1 aromatic rings. The van der Waals surface area contributed by atoms with Crippen LogP contribution in [0, 0.1) is 19.8 Å². The summed E-state index contributed by atoms with van der Waals surface area (Å²) in [7, 11) is -1.74. The maximum Gasteiger partial charge on any atom is 0.246 e. The molecule has 0 saturated carbocycles. The van der Waals surface area contributed by atoms with Gasteiger partial charge in [0.05, 0.1) is 16.4 Å². The SMILES string of the molecule is Cc1nn(C)c(C)c1S(=O)(=O)N1CCC(C(N)=S)CC1. The molecule has 1 saturated heterocycles. The molecule has 0 bridgehead atoms. The lowest BCUT2D eigenvalue weighted by Crippen LogP contribution is -2.41. The van der Waals surface area contributed by atoms with E-state index in [0.29, 0.717) is 47.2 Å². The van der Waals surface area contributed by atoms with E-state index in [9.17, 15) is 8.42 Å². The molecule has 0 aromatic carbocycles. The number of sulfonamides is 1. The second kappa shape index (κ2) is 5.42. The van der Waals surface area contributed by atoms with Crippen LogP contribution in [0.1, 0.15) is 24.2 Å². The normalized spacial score (nSPS) is 18.4. The first-order chi connectivity index (χ1) is 9.25. The predicted octanol–water partition coefficient (Wildman–Crippen LogP) is 0.724. The lowest BCUT2D eigenvalue weighted by molar-refractivity contribution is 0.316. The topological polar surface area (TPSA) is 81.2 Å². The maximum absolute atomic E-state index is 12.7. The van der Waals surface area contributed by atoms with Crippen LogP contribution in [-0.4, -0.2) is 40.6 Å². The summed E-state index contributed by atoms with van der Waals surface area (Å²) in [6, 6.07) is 0. The predicted molar refractivity (Wildman–Crippen MR) is 81.0 cm³/mol. The summed E-state index contributed by atoms with van der Waals surface area (Å²) in [4.78, 5) is 0.810. The zero-order chi connectivity index (χ0) is 15.1. The molecule has 0 spiro atoms. The molecule has 8 heteroatoms. The van der Waals surface area contributed by atoms with Gasteiger partial charge in [-0.25, -0.2) is 8.42 Å². The second-order valence-corrected chi connectivity index (χ2v) is 7.55. The van der Waals surface area contributed by atoms with Crippen molar-refractivity contribution in [2.75, 3.05) is 13.1 Å². The van der Waals surface area contributed by atoms with Crippen molar-refractivity contribution in [1.29, 1.82) is 0 Å². The number of thiocarbonyl (C=S) groups is 1. The van der Waals surface area contributed by atoms with Crippen LogP contribution in [0.4, 0.5) is 0 Å². The Morgan fingerprint density at radius 1 is 1.35 bits per heavy atom. The highest BCUT2D eigenvalue weighted by Crippen LogP contribution is 2.27. The van der Waals surface area contributed by atoms with E-state index in [0.717, 1.165) is 0 Å². The molecule has 1 aromatic heterocycles. The van der Waals surface area contributed by atoms with Crippen molar-refractivity contribution in [2.45, 2.75) is 31.6 Å². The van der Waals surface area contributed by atoms with Crippen molar-refractivity contribution in [3.8, 4) is 0 Å². The molecule has 20 heavy (non-hydrogen) atoms. The number of nitrogens with zero attached hydrogens (tertiary/aromatic N) is 3. The van der Waals surface area contributed by atoms with Gasteiger partial charge in [0.15, 0.2) is 0 Å². The minimum Gasteiger partial charge on any atom is -0.393 e. The Labute approximate surface area is 125 Å². The standard InChI is InChI=1S/C12H20N4O2S2/c1-8-11(9(2)15(3)14-8)20(17,18)16-6-4-10(5-7-16)12(13)19/h10H,4-7H2,1-3H3,(H2,13,19). The molecule has 0 aliphatic carbocycles. The van der Waals surface area contributed by atoms with Crippen molar-refractivity contribution < 1.29 is 8.42 Å². The van der Waals surface area contributed by atoms with E-state index < -0.39 is 10.0 Å². The fourth-order valence-electron chi connectivity index (χ4n) is 2.64. The first-order valence-electron chi connectivity index (χ1n) is 6.54.